The molecule has 3 rings (SSSR count). The van der Waals surface area contributed by atoms with Gasteiger partial charge in [-0.15, -0.1) is 10.2 Å². The largest absolute Gasteiger partial charge is 0.493 e. The standard InChI is InChI=1S/C19H20N4O3/c1-2-3-12-23-15-9-5-4-8-14(15)18(19(23)26)21-20-16(24)13-22-11-7-6-10-17(22)25/h4-11,26H,2-3,12-13H2,1H3. The van der Waals surface area contributed by atoms with Crippen LogP contribution in [0, 0.1) is 0 Å². The van der Waals surface area contributed by atoms with Crippen LogP contribution >= 0.6 is 0 Å². The van der Waals surface area contributed by atoms with E-state index in [2.05, 4.69) is 17.2 Å². The van der Waals surface area contributed by atoms with Crippen molar-refractivity contribution in [2.24, 2.45) is 10.2 Å². The number of azo groups is 1. The fraction of sp³-hybridized carbons (Fsp3) is 0.263. The Bertz CT molecular complexity index is 1020. The Kier molecular flexibility index (Phi) is 5.26. The maximum atomic E-state index is 12.1. The molecule has 0 aliphatic heterocycles. The Balaban J connectivity index is 1.89. The average Bonchev–Trinajstić information content (AvgIpc) is 2.91. The van der Waals surface area contributed by atoms with E-state index in [4.69, 9.17) is 0 Å². The van der Waals surface area contributed by atoms with E-state index in [0.29, 0.717) is 6.54 Å². The molecule has 0 bridgehead atoms. The number of hydrogen-bond acceptors (Lipinski definition) is 4. The predicted molar refractivity (Wildman–Crippen MR) is 98.7 cm³/mol. The second-order valence-corrected chi connectivity index (χ2v) is 5.96. The summed E-state index contributed by atoms with van der Waals surface area (Å²) in [5.41, 5.74) is 0.833. The molecule has 7 nitrogen and oxygen atoms in total. The van der Waals surface area contributed by atoms with Crippen molar-refractivity contribution in [2.45, 2.75) is 32.9 Å². The van der Waals surface area contributed by atoms with E-state index < -0.39 is 5.91 Å². The second-order valence-electron chi connectivity index (χ2n) is 5.96. The normalized spacial score (nSPS) is 11.4. The lowest BCUT2D eigenvalue weighted by molar-refractivity contribution is -0.118. The number of nitrogens with zero attached hydrogens (tertiary/aromatic N) is 4. The van der Waals surface area contributed by atoms with Crippen LogP contribution in [0.1, 0.15) is 19.8 Å². The first-order chi connectivity index (χ1) is 12.6. The van der Waals surface area contributed by atoms with E-state index in [1.807, 2.05) is 24.3 Å². The summed E-state index contributed by atoms with van der Waals surface area (Å²) in [6, 6.07) is 12.1. The van der Waals surface area contributed by atoms with Gasteiger partial charge in [-0.3, -0.25) is 9.59 Å². The van der Waals surface area contributed by atoms with E-state index in [9.17, 15) is 14.7 Å². The maximum Gasteiger partial charge on any atom is 0.284 e. The number of para-hydroxylation sites is 1. The Labute approximate surface area is 150 Å². The third-order valence-electron chi connectivity index (χ3n) is 4.12. The zero-order valence-corrected chi connectivity index (χ0v) is 14.5. The van der Waals surface area contributed by atoms with Gasteiger partial charge in [0.1, 0.15) is 6.54 Å². The summed E-state index contributed by atoms with van der Waals surface area (Å²) in [5, 5.41) is 18.9. The van der Waals surface area contributed by atoms with Crippen LogP contribution in [0.4, 0.5) is 5.69 Å². The molecule has 1 aromatic carbocycles. The number of amides is 1. The lowest BCUT2D eigenvalue weighted by atomic mass is 10.2. The number of fused-ring (bicyclic) bond motifs is 1. The Morgan fingerprint density at radius 1 is 1.15 bits per heavy atom. The van der Waals surface area contributed by atoms with Crippen molar-refractivity contribution < 1.29 is 9.90 Å². The van der Waals surface area contributed by atoms with Gasteiger partial charge >= 0.3 is 0 Å². The van der Waals surface area contributed by atoms with Crippen molar-refractivity contribution in [2.75, 3.05) is 0 Å². The Hall–Kier alpha value is -3.22. The van der Waals surface area contributed by atoms with Gasteiger partial charge in [0.15, 0.2) is 5.69 Å². The number of rotatable bonds is 6. The summed E-state index contributed by atoms with van der Waals surface area (Å²) in [4.78, 5) is 23.7. The smallest absolute Gasteiger partial charge is 0.284 e. The van der Waals surface area contributed by atoms with Crippen LogP contribution in [0.3, 0.4) is 0 Å². The van der Waals surface area contributed by atoms with Crippen molar-refractivity contribution in [3.63, 3.8) is 0 Å². The van der Waals surface area contributed by atoms with E-state index in [0.717, 1.165) is 23.7 Å². The van der Waals surface area contributed by atoms with Crippen LogP contribution in [0.25, 0.3) is 10.9 Å². The third-order valence-corrected chi connectivity index (χ3v) is 4.12. The molecule has 1 amide bonds. The minimum atomic E-state index is -0.567. The number of aryl methyl sites for hydroxylation is 1. The monoisotopic (exact) mass is 352 g/mol. The first-order valence-corrected chi connectivity index (χ1v) is 8.52. The van der Waals surface area contributed by atoms with Crippen LogP contribution in [0.5, 0.6) is 5.88 Å². The minimum Gasteiger partial charge on any atom is -0.493 e. The van der Waals surface area contributed by atoms with Crippen molar-refractivity contribution in [1.29, 1.82) is 0 Å². The van der Waals surface area contributed by atoms with Gasteiger partial charge in [0.05, 0.1) is 5.52 Å². The van der Waals surface area contributed by atoms with Crippen LogP contribution in [-0.4, -0.2) is 20.1 Å². The third kappa shape index (κ3) is 3.56. The van der Waals surface area contributed by atoms with Crippen molar-refractivity contribution >= 4 is 22.5 Å². The number of aromatic hydroxyl groups is 1. The number of aromatic nitrogens is 2. The zero-order valence-electron chi connectivity index (χ0n) is 14.5. The lowest BCUT2D eigenvalue weighted by Gasteiger charge is -2.05. The van der Waals surface area contributed by atoms with Gasteiger partial charge in [-0.2, -0.15) is 0 Å². The van der Waals surface area contributed by atoms with Gasteiger partial charge in [0, 0.05) is 24.2 Å². The topological polar surface area (TPSA) is 88.9 Å². The highest BCUT2D eigenvalue weighted by Gasteiger charge is 2.16. The molecule has 0 spiro atoms. The molecule has 2 aromatic heterocycles. The van der Waals surface area contributed by atoms with Crippen LogP contribution in [0.2, 0.25) is 0 Å². The Morgan fingerprint density at radius 3 is 2.69 bits per heavy atom. The summed E-state index contributed by atoms with van der Waals surface area (Å²) < 4.78 is 3.03. The fourth-order valence-electron chi connectivity index (χ4n) is 2.79. The zero-order chi connectivity index (χ0) is 18.5. The molecule has 7 heteroatoms. The van der Waals surface area contributed by atoms with Crippen molar-refractivity contribution in [3.05, 3.63) is 59.0 Å². The number of carbonyl (C=O) groups excluding carboxylic acids is 1. The van der Waals surface area contributed by atoms with E-state index in [1.54, 1.807) is 16.7 Å². The lowest BCUT2D eigenvalue weighted by Crippen LogP contribution is -2.21. The molecule has 1 N–H and O–H groups in total. The molecule has 0 aliphatic rings. The first kappa shape index (κ1) is 17.6. The van der Waals surface area contributed by atoms with E-state index in [-0.39, 0.29) is 23.7 Å². The number of pyridine rings is 1. The molecule has 0 saturated heterocycles. The Morgan fingerprint density at radius 2 is 1.92 bits per heavy atom. The van der Waals surface area contributed by atoms with Gasteiger partial charge in [-0.25, -0.2) is 0 Å². The molecule has 0 unspecified atom stereocenters. The first-order valence-electron chi connectivity index (χ1n) is 8.52. The van der Waals surface area contributed by atoms with Crippen LogP contribution in [-0.2, 0) is 17.9 Å². The number of benzene rings is 1. The molecular formula is C19H20N4O3. The summed E-state index contributed by atoms with van der Waals surface area (Å²) in [6.07, 6.45) is 3.43. The number of unbranched alkanes of at least 4 members (excludes halogenated alkanes) is 1. The summed E-state index contributed by atoms with van der Waals surface area (Å²) in [6.45, 7) is 2.54. The number of carbonyl (C=O) groups is 1. The molecule has 0 aliphatic carbocycles. The van der Waals surface area contributed by atoms with E-state index >= 15 is 0 Å². The maximum absolute atomic E-state index is 12.1. The van der Waals surface area contributed by atoms with Gasteiger partial charge in [-0.1, -0.05) is 37.6 Å². The molecular weight excluding hydrogens is 332 g/mol. The van der Waals surface area contributed by atoms with Gasteiger partial charge < -0.3 is 14.2 Å². The molecule has 0 fully saturated rings. The average molecular weight is 352 g/mol. The van der Waals surface area contributed by atoms with Crippen LogP contribution in [0.15, 0.2) is 63.7 Å². The van der Waals surface area contributed by atoms with Gasteiger partial charge in [0.2, 0.25) is 5.88 Å². The fourth-order valence-corrected chi connectivity index (χ4v) is 2.79. The second kappa shape index (κ2) is 7.77. The highest BCUT2D eigenvalue weighted by Crippen LogP contribution is 2.38. The SMILES string of the molecule is CCCCn1c(O)c(N=NC(=O)Cn2ccccc2=O)c2ccccc21. The summed E-state index contributed by atoms with van der Waals surface area (Å²) in [5.74, 6) is -0.573. The van der Waals surface area contributed by atoms with Crippen LogP contribution < -0.4 is 5.56 Å². The number of hydrogen-bond donors (Lipinski definition) is 1. The summed E-state index contributed by atoms with van der Waals surface area (Å²) in [7, 11) is 0. The van der Waals surface area contributed by atoms with E-state index in [1.165, 1.54) is 16.8 Å². The molecule has 0 atom stereocenters. The predicted octanol–water partition coefficient (Wildman–Crippen LogP) is 3.62. The highest BCUT2D eigenvalue weighted by atomic mass is 16.3. The van der Waals surface area contributed by atoms with Crippen molar-refractivity contribution in [1.82, 2.24) is 9.13 Å². The molecule has 26 heavy (non-hydrogen) atoms. The van der Waals surface area contributed by atoms with Gasteiger partial charge in [-0.05, 0) is 18.6 Å². The summed E-state index contributed by atoms with van der Waals surface area (Å²) >= 11 is 0. The molecule has 3 aromatic rings. The molecule has 134 valence electrons. The van der Waals surface area contributed by atoms with Gasteiger partial charge in [0.25, 0.3) is 11.5 Å². The molecule has 0 radical (unpaired) electrons. The highest BCUT2D eigenvalue weighted by molar-refractivity contribution is 5.95. The quantitative estimate of drug-likeness (QED) is 0.687. The molecule has 0 saturated carbocycles. The molecule has 2 heterocycles. The van der Waals surface area contributed by atoms with Crippen molar-refractivity contribution in [3.8, 4) is 5.88 Å². The minimum absolute atomic E-state index is 0.00641.